The summed E-state index contributed by atoms with van der Waals surface area (Å²) in [5.74, 6) is 4.03. The molecule has 3 N–H and O–H groups in total. The Balaban J connectivity index is 3.29. The van der Waals surface area contributed by atoms with E-state index >= 15 is 0 Å². The fraction of sp³-hybridized carbons (Fsp3) is 0.100. The number of carbonyl (C=O) groups excluding carboxylic acids is 1. The number of nitrogens with two attached hydrogens (primary N) is 1. The van der Waals surface area contributed by atoms with Crippen molar-refractivity contribution in [3.05, 3.63) is 39.4 Å². The first-order chi connectivity index (χ1) is 7.54. The molecule has 0 aliphatic rings. The van der Waals surface area contributed by atoms with Gasteiger partial charge in [-0.25, -0.2) is 0 Å². The molecule has 1 amide bonds. The normalized spacial score (nSPS) is 9.06. The second-order valence-corrected chi connectivity index (χ2v) is 2.85. The predicted octanol–water partition coefficient (Wildman–Crippen LogP) is 0.0375. The molecule has 6 heteroatoms. The van der Waals surface area contributed by atoms with Gasteiger partial charge in [0.05, 0.1) is 4.92 Å². The van der Waals surface area contributed by atoms with Crippen LogP contribution in [0.2, 0.25) is 0 Å². The monoisotopic (exact) mass is 220 g/mol. The molecule has 0 saturated carbocycles. The molecule has 1 aromatic carbocycles. The standard InChI is InChI=1S/C10H8N2O4/c11-10(14)8-4-7(2-1-3-13)5-9(6-8)12(15)16/h4-6,13H,3H2,(H2,11,14). The van der Waals surface area contributed by atoms with Gasteiger partial charge in [0.15, 0.2) is 0 Å². The summed E-state index contributed by atoms with van der Waals surface area (Å²) in [6.45, 7) is -0.366. The van der Waals surface area contributed by atoms with E-state index in [1.165, 1.54) is 12.1 Å². The number of amides is 1. The van der Waals surface area contributed by atoms with Crippen molar-refractivity contribution in [1.29, 1.82) is 0 Å². The lowest BCUT2D eigenvalue weighted by Gasteiger charge is -1.97. The number of carbonyl (C=O) groups is 1. The first-order valence-corrected chi connectivity index (χ1v) is 4.23. The first kappa shape index (κ1) is 11.7. The fourth-order valence-corrected chi connectivity index (χ4v) is 1.07. The van der Waals surface area contributed by atoms with E-state index in [2.05, 4.69) is 11.8 Å². The average molecular weight is 220 g/mol. The van der Waals surface area contributed by atoms with Crippen LogP contribution in [0.1, 0.15) is 15.9 Å². The van der Waals surface area contributed by atoms with Crippen LogP contribution in [0.15, 0.2) is 18.2 Å². The van der Waals surface area contributed by atoms with Crippen molar-refractivity contribution in [1.82, 2.24) is 0 Å². The first-order valence-electron chi connectivity index (χ1n) is 4.23. The Morgan fingerprint density at radius 3 is 2.69 bits per heavy atom. The number of rotatable bonds is 2. The molecule has 0 atom stereocenters. The number of aliphatic hydroxyl groups is 1. The van der Waals surface area contributed by atoms with Gasteiger partial charge in [-0.15, -0.1) is 0 Å². The minimum absolute atomic E-state index is 0.0106. The minimum Gasteiger partial charge on any atom is -0.384 e. The van der Waals surface area contributed by atoms with E-state index in [-0.39, 0.29) is 23.4 Å². The maximum Gasteiger partial charge on any atom is 0.271 e. The van der Waals surface area contributed by atoms with Crippen molar-refractivity contribution in [2.75, 3.05) is 6.61 Å². The number of benzene rings is 1. The van der Waals surface area contributed by atoms with Crippen molar-refractivity contribution in [2.24, 2.45) is 5.73 Å². The van der Waals surface area contributed by atoms with Crippen molar-refractivity contribution >= 4 is 11.6 Å². The number of nitrogens with zero attached hydrogens (tertiary/aromatic N) is 1. The Kier molecular flexibility index (Phi) is 3.58. The van der Waals surface area contributed by atoms with Gasteiger partial charge >= 0.3 is 0 Å². The molecule has 1 aromatic rings. The molecule has 0 aliphatic heterocycles. The number of hydrogen-bond acceptors (Lipinski definition) is 4. The number of aliphatic hydroxyl groups excluding tert-OH is 1. The van der Waals surface area contributed by atoms with E-state index < -0.39 is 10.8 Å². The van der Waals surface area contributed by atoms with Gasteiger partial charge in [-0.05, 0) is 6.07 Å². The summed E-state index contributed by atoms with van der Waals surface area (Å²) in [4.78, 5) is 20.8. The molecule has 0 unspecified atom stereocenters. The zero-order valence-electron chi connectivity index (χ0n) is 8.14. The highest BCUT2D eigenvalue weighted by Crippen LogP contribution is 2.16. The second kappa shape index (κ2) is 4.91. The summed E-state index contributed by atoms with van der Waals surface area (Å²) in [6.07, 6.45) is 0. The smallest absolute Gasteiger partial charge is 0.271 e. The topological polar surface area (TPSA) is 106 Å². The third kappa shape index (κ3) is 2.80. The molecule has 0 fully saturated rings. The lowest BCUT2D eigenvalue weighted by molar-refractivity contribution is -0.384. The molecular weight excluding hydrogens is 212 g/mol. The molecule has 0 saturated heterocycles. The maximum atomic E-state index is 10.9. The third-order valence-electron chi connectivity index (χ3n) is 1.72. The van der Waals surface area contributed by atoms with Crippen LogP contribution in [0.4, 0.5) is 5.69 Å². The van der Waals surface area contributed by atoms with E-state index in [4.69, 9.17) is 10.8 Å². The van der Waals surface area contributed by atoms with Crippen LogP contribution < -0.4 is 5.73 Å². The van der Waals surface area contributed by atoms with Crippen LogP contribution >= 0.6 is 0 Å². The largest absolute Gasteiger partial charge is 0.384 e. The number of nitro benzene ring substituents is 1. The summed E-state index contributed by atoms with van der Waals surface area (Å²) in [5.41, 5.74) is 5.03. The highest BCUT2D eigenvalue weighted by atomic mass is 16.6. The van der Waals surface area contributed by atoms with Crippen LogP contribution in [-0.4, -0.2) is 22.5 Å². The number of nitro groups is 1. The summed E-state index contributed by atoms with van der Waals surface area (Å²) in [6, 6.07) is 3.61. The number of primary amides is 1. The Morgan fingerprint density at radius 2 is 2.19 bits per heavy atom. The molecule has 0 spiro atoms. The zero-order valence-corrected chi connectivity index (χ0v) is 8.14. The molecular formula is C10H8N2O4. The van der Waals surface area contributed by atoms with E-state index in [9.17, 15) is 14.9 Å². The maximum absolute atomic E-state index is 10.9. The summed E-state index contributed by atoms with van der Waals surface area (Å²) in [7, 11) is 0. The van der Waals surface area contributed by atoms with Gasteiger partial charge in [-0.2, -0.15) is 0 Å². The van der Waals surface area contributed by atoms with Gasteiger partial charge in [0, 0.05) is 23.3 Å². The van der Waals surface area contributed by atoms with Crippen LogP contribution in [0, 0.1) is 22.0 Å². The lowest BCUT2D eigenvalue weighted by atomic mass is 10.1. The predicted molar refractivity (Wildman–Crippen MR) is 55.6 cm³/mol. The van der Waals surface area contributed by atoms with E-state index in [1.807, 2.05) is 0 Å². The van der Waals surface area contributed by atoms with Gasteiger partial charge in [0.25, 0.3) is 5.69 Å². The van der Waals surface area contributed by atoms with Gasteiger partial charge < -0.3 is 10.8 Å². The second-order valence-electron chi connectivity index (χ2n) is 2.85. The van der Waals surface area contributed by atoms with Crippen LogP contribution in [0.5, 0.6) is 0 Å². The molecule has 0 bridgehead atoms. The minimum atomic E-state index is -0.768. The van der Waals surface area contributed by atoms with Gasteiger partial charge in [0.1, 0.15) is 6.61 Å². The molecule has 0 aromatic heterocycles. The molecule has 82 valence electrons. The quantitative estimate of drug-likeness (QED) is 0.416. The highest BCUT2D eigenvalue weighted by molar-refractivity contribution is 5.93. The van der Waals surface area contributed by atoms with Crippen molar-refractivity contribution in [2.45, 2.75) is 0 Å². The Hall–Kier alpha value is -2.39. The Morgan fingerprint density at radius 1 is 1.50 bits per heavy atom. The fourth-order valence-electron chi connectivity index (χ4n) is 1.07. The lowest BCUT2D eigenvalue weighted by Crippen LogP contribution is -2.11. The average Bonchev–Trinajstić information content (AvgIpc) is 2.25. The Labute approximate surface area is 90.8 Å². The molecule has 1 rings (SSSR count). The SMILES string of the molecule is NC(=O)c1cc(C#CCO)cc([N+](=O)[O-])c1. The van der Waals surface area contributed by atoms with Crippen molar-refractivity contribution in [3.63, 3.8) is 0 Å². The van der Waals surface area contributed by atoms with Crippen molar-refractivity contribution in [3.8, 4) is 11.8 Å². The summed E-state index contributed by atoms with van der Waals surface area (Å²) >= 11 is 0. The molecule has 6 nitrogen and oxygen atoms in total. The van der Waals surface area contributed by atoms with Gasteiger partial charge in [0.2, 0.25) is 5.91 Å². The molecule has 16 heavy (non-hydrogen) atoms. The van der Waals surface area contributed by atoms with Gasteiger partial charge in [-0.1, -0.05) is 11.8 Å². The van der Waals surface area contributed by atoms with Crippen molar-refractivity contribution < 1.29 is 14.8 Å². The summed E-state index contributed by atoms with van der Waals surface area (Å²) < 4.78 is 0. The van der Waals surface area contributed by atoms with Gasteiger partial charge in [-0.3, -0.25) is 14.9 Å². The van der Waals surface area contributed by atoms with E-state index in [1.54, 1.807) is 0 Å². The molecule has 0 radical (unpaired) electrons. The Bertz CT molecular complexity index is 467. The molecule has 0 aliphatic carbocycles. The highest BCUT2D eigenvalue weighted by Gasteiger charge is 2.11. The van der Waals surface area contributed by atoms with Crippen LogP contribution in [0.3, 0.4) is 0 Å². The summed E-state index contributed by atoms with van der Waals surface area (Å²) in [5, 5.41) is 19.0. The zero-order chi connectivity index (χ0) is 12.1. The van der Waals surface area contributed by atoms with E-state index in [0.29, 0.717) is 0 Å². The van der Waals surface area contributed by atoms with E-state index in [0.717, 1.165) is 6.07 Å². The molecule has 0 heterocycles. The number of hydrogen-bond donors (Lipinski definition) is 2. The number of non-ortho nitro benzene ring substituents is 1. The third-order valence-corrected chi connectivity index (χ3v) is 1.72. The van der Waals surface area contributed by atoms with Crippen LogP contribution in [0.25, 0.3) is 0 Å². The van der Waals surface area contributed by atoms with Crippen LogP contribution in [-0.2, 0) is 0 Å².